The zero-order chi connectivity index (χ0) is 15.5. The normalized spacial score (nSPS) is 10.6. The van der Waals surface area contributed by atoms with Gasteiger partial charge < -0.3 is 9.47 Å². The third-order valence-corrected chi connectivity index (χ3v) is 2.99. The van der Waals surface area contributed by atoms with Crippen LogP contribution in [0.25, 0.3) is 5.78 Å². The topological polar surface area (TPSA) is 78.6 Å². The van der Waals surface area contributed by atoms with Crippen molar-refractivity contribution in [1.29, 1.82) is 0 Å². The molecule has 3 aromatic rings. The standard InChI is InChI=1S/C14H11ClN4O3/c1-9-6-12(19-14(18-9)16-8-17-19)22-13(20)7-21-11-4-2-10(15)3-5-11/h2-6,8H,7H2,1H3. The highest BCUT2D eigenvalue weighted by molar-refractivity contribution is 6.30. The van der Waals surface area contributed by atoms with E-state index in [0.29, 0.717) is 22.2 Å². The summed E-state index contributed by atoms with van der Waals surface area (Å²) in [5.41, 5.74) is 0.668. The summed E-state index contributed by atoms with van der Waals surface area (Å²) in [7, 11) is 0. The van der Waals surface area contributed by atoms with Gasteiger partial charge in [0.25, 0.3) is 5.78 Å². The summed E-state index contributed by atoms with van der Waals surface area (Å²) in [6, 6.07) is 8.28. The summed E-state index contributed by atoms with van der Waals surface area (Å²) in [6.07, 6.45) is 1.34. The van der Waals surface area contributed by atoms with Crippen LogP contribution in [0, 0.1) is 6.92 Å². The summed E-state index contributed by atoms with van der Waals surface area (Å²) in [5, 5.41) is 4.54. The summed E-state index contributed by atoms with van der Waals surface area (Å²) in [6.45, 7) is 1.54. The van der Waals surface area contributed by atoms with Gasteiger partial charge in [-0.3, -0.25) is 0 Å². The number of aromatic nitrogens is 4. The number of nitrogens with zero attached hydrogens (tertiary/aromatic N) is 4. The Morgan fingerprint density at radius 2 is 2.09 bits per heavy atom. The predicted octanol–water partition coefficient (Wildman–Crippen LogP) is 2.07. The van der Waals surface area contributed by atoms with Gasteiger partial charge in [0.1, 0.15) is 12.1 Å². The van der Waals surface area contributed by atoms with Crippen molar-refractivity contribution in [1.82, 2.24) is 19.6 Å². The number of hydrogen-bond donors (Lipinski definition) is 0. The molecule has 0 aliphatic rings. The van der Waals surface area contributed by atoms with Crippen LogP contribution >= 0.6 is 11.6 Å². The van der Waals surface area contributed by atoms with Gasteiger partial charge >= 0.3 is 5.97 Å². The highest BCUT2D eigenvalue weighted by Crippen LogP contribution is 2.16. The number of fused-ring (bicyclic) bond motifs is 1. The van der Waals surface area contributed by atoms with E-state index in [0.717, 1.165) is 0 Å². The maximum absolute atomic E-state index is 11.9. The molecule has 0 aliphatic heterocycles. The first-order chi connectivity index (χ1) is 10.6. The number of halogens is 1. The van der Waals surface area contributed by atoms with Gasteiger partial charge in [-0.15, -0.1) is 0 Å². The summed E-state index contributed by atoms with van der Waals surface area (Å²) in [4.78, 5) is 20.0. The van der Waals surface area contributed by atoms with Crippen LogP contribution < -0.4 is 9.47 Å². The van der Waals surface area contributed by atoms with Crippen molar-refractivity contribution in [2.45, 2.75) is 6.92 Å². The number of aryl methyl sites for hydroxylation is 1. The van der Waals surface area contributed by atoms with Crippen molar-refractivity contribution < 1.29 is 14.3 Å². The highest BCUT2D eigenvalue weighted by Gasteiger charge is 2.12. The Labute approximate surface area is 130 Å². The third-order valence-electron chi connectivity index (χ3n) is 2.74. The Balaban J connectivity index is 1.68. The molecule has 0 fully saturated rings. The molecule has 22 heavy (non-hydrogen) atoms. The Hall–Kier alpha value is -2.67. The van der Waals surface area contributed by atoms with Crippen LogP contribution in [0.2, 0.25) is 5.02 Å². The van der Waals surface area contributed by atoms with E-state index >= 15 is 0 Å². The van der Waals surface area contributed by atoms with Gasteiger partial charge in [0.2, 0.25) is 5.88 Å². The Kier molecular flexibility index (Phi) is 3.88. The lowest BCUT2D eigenvalue weighted by Gasteiger charge is -2.08. The van der Waals surface area contributed by atoms with Crippen LogP contribution in [0.3, 0.4) is 0 Å². The van der Waals surface area contributed by atoms with Crippen LogP contribution in [0.1, 0.15) is 5.69 Å². The Morgan fingerprint density at radius 1 is 1.32 bits per heavy atom. The van der Waals surface area contributed by atoms with E-state index in [1.54, 1.807) is 37.3 Å². The molecule has 1 aromatic carbocycles. The highest BCUT2D eigenvalue weighted by atomic mass is 35.5. The first-order valence-corrected chi connectivity index (χ1v) is 6.76. The number of hydrogen-bond acceptors (Lipinski definition) is 6. The molecular formula is C14H11ClN4O3. The second kappa shape index (κ2) is 5.98. The van der Waals surface area contributed by atoms with E-state index in [2.05, 4.69) is 15.1 Å². The van der Waals surface area contributed by atoms with E-state index < -0.39 is 5.97 Å². The van der Waals surface area contributed by atoms with Gasteiger partial charge in [0, 0.05) is 16.8 Å². The quantitative estimate of drug-likeness (QED) is 0.685. The fraction of sp³-hybridized carbons (Fsp3) is 0.143. The molecule has 0 spiro atoms. The van der Waals surface area contributed by atoms with Crippen LogP contribution in [0.4, 0.5) is 0 Å². The molecule has 8 heteroatoms. The fourth-order valence-electron chi connectivity index (χ4n) is 1.79. The molecule has 0 amide bonds. The molecule has 7 nitrogen and oxygen atoms in total. The van der Waals surface area contributed by atoms with E-state index in [4.69, 9.17) is 21.1 Å². The van der Waals surface area contributed by atoms with Crippen molar-refractivity contribution in [2.24, 2.45) is 0 Å². The molecule has 0 bridgehead atoms. The fourth-order valence-corrected chi connectivity index (χ4v) is 1.91. The van der Waals surface area contributed by atoms with Crippen LogP contribution in [-0.4, -0.2) is 32.2 Å². The van der Waals surface area contributed by atoms with E-state index in [-0.39, 0.29) is 12.5 Å². The molecule has 112 valence electrons. The Morgan fingerprint density at radius 3 is 2.86 bits per heavy atom. The zero-order valence-corrected chi connectivity index (χ0v) is 12.3. The number of benzene rings is 1. The SMILES string of the molecule is Cc1cc(OC(=O)COc2ccc(Cl)cc2)n2ncnc2n1. The molecule has 0 saturated carbocycles. The van der Waals surface area contributed by atoms with Gasteiger partial charge in [0.05, 0.1) is 0 Å². The smallest absolute Gasteiger partial charge is 0.350 e. The largest absolute Gasteiger partial charge is 0.482 e. The molecule has 3 rings (SSSR count). The summed E-state index contributed by atoms with van der Waals surface area (Å²) in [5.74, 6) is 0.571. The molecule has 0 unspecified atom stereocenters. The lowest BCUT2D eigenvalue weighted by molar-refractivity contribution is -0.137. The maximum Gasteiger partial charge on any atom is 0.350 e. The monoisotopic (exact) mass is 318 g/mol. The molecular weight excluding hydrogens is 308 g/mol. The average Bonchev–Trinajstić information content (AvgIpc) is 2.95. The minimum Gasteiger partial charge on any atom is -0.482 e. The molecule has 0 atom stereocenters. The number of esters is 1. The molecule has 2 heterocycles. The van der Waals surface area contributed by atoms with Crippen LogP contribution in [0.5, 0.6) is 11.6 Å². The van der Waals surface area contributed by atoms with E-state index in [1.807, 2.05) is 0 Å². The van der Waals surface area contributed by atoms with Crippen LogP contribution in [0.15, 0.2) is 36.7 Å². The van der Waals surface area contributed by atoms with Crippen molar-refractivity contribution in [3.05, 3.63) is 47.4 Å². The van der Waals surface area contributed by atoms with Gasteiger partial charge in [0.15, 0.2) is 6.61 Å². The minimum absolute atomic E-state index is 0.237. The lowest BCUT2D eigenvalue weighted by Crippen LogP contribution is -2.19. The van der Waals surface area contributed by atoms with Gasteiger partial charge in [-0.25, -0.2) is 9.78 Å². The second-order valence-electron chi connectivity index (χ2n) is 4.42. The zero-order valence-electron chi connectivity index (χ0n) is 11.6. The second-order valence-corrected chi connectivity index (χ2v) is 4.86. The third kappa shape index (κ3) is 3.15. The molecule has 0 N–H and O–H groups in total. The first-order valence-electron chi connectivity index (χ1n) is 6.38. The van der Waals surface area contributed by atoms with Crippen molar-refractivity contribution in [3.63, 3.8) is 0 Å². The van der Waals surface area contributed by atoms with Crippen molar-refractivity contribution in [3.8, 4) is 11.6 Å². The average molecular weight is 319 g/mol. The number of rotatable bonds is 4. The van der Waals surface area contributed by atoms with Crippen molar-refractivity contribution in [2.75, 3.05) is 6.61 Å². The molecule has 2 aromatic heterocycles. The molecule has 0 radical (unpaired) electrons. The number of carbonyl (C=O) groups is 1. The summed E-state index contributed by atoms with van der Waals surface area (Å²) < 4.78 is 11.9. The van der Waals surface area contributed by atoms with Crippen molar-refractivity contribution >= 4 is 23.3 Å². The van der Waals surface area contributed by atoms with Crippen LogP contribution in [-0.2, 0) is 4.79 Å². The number of carbonyl (C=O) groups excluding carboxylic acids is 1. The van der Waals surface area contributed by atoms with Gasteiger partial charge in [-0.1, -0.05) is 11.6 Å². The maximum atomic E-state index is 11.9. The first kappa shape index (κ1) is 14.3. The Bertz CT molecular complexity index is 817. The van der Waals surface area contributed by atoms with Gasteiger partial charge in [-0.2, -0.15) is 14.6 Å². The minimum atomic E-state index is -0.558. The molecule has 0 aliphatic carbocycles. The number of ether oxygens (including phenoxy) is 2. The summed E-state index contributed by atoms with van der Waals surface area (Å²) >= 11 is 5.77. The lowest BCUT2D eigenvalue weighted by atomic mass is 10.3. The van der Waals surface area contributed by atoms with E-state index in [1.165, 1.54) is 10.8 Å². The van der Waals surface area contributed by atoms with E-state index in [9.17, 15) is 4.79 Å². The van der Waals surface area contributed by atoms with Gasteiger partial charge in [-0.05, 0) is 31.2 Å². The molecule has 0 saturated heterocycles. The predicted molar refractivity (Wildman–Crippen MR) is 78.1 cm³/mol.